The zero-order valence-corrected chi connectivity index (χ0v) is 11.5. The first-order valence-electron chi connectivity index (χ1n) is 6.83. The summed E-state index contributed by atoms with van der Waals surface area (Å²) in [5, 5.41) is 9.19. The van der Waals surface area contributed by atoms with Crippen LogP contribution in [0.25, 0.3) is 0 Å². The van der Waals surface area contributed by atoms with E-state index in [2.05, 4.69) is 29.8 Å². The van der Waals surface area contributed by atoms with Crippen LogP contribution in [0.4, 0.5) is 4.39 Å². The van der Waals surface area contributed by atoms with Crippen LogP contribution in [-0.2, 0) is 6.54 Å². The third-order valence-electron chi connectivity index (χ3n) is 3.99. The van der Waals surface area contributed by atoms with Gasteiger partial charge in [-0.15, -0.1) is 0 Å². The standard InChI is InChI=1S/C15H20FN3/c1-11(2)14-10-19(7-5-12(14)8-17)9-13-4-3-6-18-15(13)16/h3-4,6,11-12,14H,5,7,9-10H2,1-2H3. The molecule has 4 heteroatoms. The molecule has 19 heavy (non-hydrogen) atoms. The molecule has 1 aliphatic rings. The molecule has 0 aliphatic carbocycles. The molecule has 0 radical (unpaired) electrons. The van der Waals surface area contributed by atoms with E-state index in [-0.39, 0.29) is 11.9 Å². The minimum absolute atomic E-state index is 0.134. The van der Waals surface area contributed by atoms with Crippen molar-refractivity contribution in [1.82, 2.24) is 9.88 Å². The predicted octanol–water partition coefficient (Wildman–Crippen LogP) is 2.84. The van der Waals surface area contributed by atoms with Crippen molar-refractivity contribution in [2.24, 2.45) is 17.8 Å². The lowest BCUT2D eigenvalue weighted by molar-refractivity contribution is 0.107. The summed E-state index contributed by atoms with van der Waals surface area (Å²) in [7, 11) is 0. The van der Waals surface area contributed by atoms with E-state index < -0.39 is 0 Å². The van der Waals surface area contributed by atoms with Crippen molar-refractivity contribution >= 4 is 0 Å². The van der Waals surface area contributed by atoms with Gasteiger partial charge in [-0.05, 0) is 30.9 Å². The number of pyridine rings is 1. The molecule has 0 aromatic carbocycles. The fourth-order valence-electron chi connectivity index (χ4n) is 2.81. The number of likely N-dealkylation sites (tertiary alicyclic amines) is 1. The van der Waals surface area contributed by atoms with Gasteiger partial charge in [0.25, 0.3) is 0 Å². The molecule has 2 unspecified atom stereocenters. The number of piperidine rings is 1. The van der Waals surface area contributed by atoms with E-state index in [1.165, 1.54) is 6.20 Å². The lowest BCUT2D eigenvalue weighted by atomic mass is 9.79. The maximum absolute atomic E-state index is 13.6. The Labute approximate surface area is 114 Å². The van der Waals surface area contributed by atoms with Crippen molar-refractivity contribution in [3.63, 3.8) is 0 Å². The quantitative estimate of drug-likeness (QED) is 0.785. The van der Waals surface area contributed by atoms with Gasteiger partial charge in [-0.25, -0.2) is 4.98 Å². The molecule has 2 heterocycles. The summed E-state index contributed by atoms with van der Waals surface area (Å²) in [6, 6.07) is 5.96. The highest BCUT2D eigenvalue weighted by Gasteiger charge is 2.31. The van der Waals surface area contributed by atoms with Crippen molar-refractivity contribution in [2.45, 2.75) is 26.8 Å². The maximum Gasteiger partial charge on any atom is 0.217 e. The lowest BCUT2D eigenvalue weighted by Gasteiger charge is -2.37. The van der Waals surface area contributed by atoms with Crippen molar-refractivity contribution < 1.29 is 4.39 Å². The van der Waals surface area contributed by atoms with Crippen LogP contribution in [0.3, 0.4) is 0 Å². The highest BCUT2D eigenvalue weighted by molar-refractivity contribution is 5.11. The third kappa shape index (κ3) is 3.30. The Morgan fingerprint density at radius 3 is 3.00 bits per heavy atom. The zero-order valence-electron chi connectivity index (χ0n) is 11.5. The van der Waals surface area contributed by atoms with E-state index in [1.807, 2.05) is 0 Å². The van der Waals surface area contributed by atoms with Gasteiger partial charge in [0, 0.05) is 24.8 Å². The SMILES string of the molecule is CC(C)C1CN(Cc2cccnc2F)CCC1C#N. The number of rotatable bonds is 3. The molecule has 0 spiro atoms. The van der Waals surface area contributed by atoms with Crippen molar-refractivity contribution in [2.75, 3.05) is 13.1 Å². The molecule has 1 aromatic rings. The van der Waals surface area contributed by atoms with Crippen LogP contribution >= 0.6 is 0 Å². The van der Waals surface area contributed by atoms with Crippen LogP contribution in [0, 0.1) is 35.0 Å². The second-order valence-corrected chi connectivity index (χ2v) is 5.62. The van der Waals surface area contributed by atoms with E-state index in [9.17, 15) is 9.65 Å². The molecule has 0 saturated carbocycles. The summed E-state index contributed by atoms with van der Waals surface area (Å²) in [6.45, 7) is 6.62. The average molecular weight is 261 g/mol. The Hall–Kier alpha value is -1.47. The molecule has 1 fully saturated rings. The van der Waals surface area contributed by atoms with Crippen molar-refractivity contribution in [3.05, 3.63) is 29.8 Å². The molecule has 3 nitrogen and oxygen atoms in total. The van der Waals surface area contributed by atoms with Crippen LogP contribution in [0.5, 0.6) is 0 Å². The predicted molar refractivity (Wildman–Crippen MR) is 71.5 cm³/mol. The molecular formula is C15H20FN3. The average Bonchev–Trinajstić information content (AvgIpc) is 2.41. The van der Waals surface area contributed by atoms with Crippen LogP contribution in [0.2, 0.25) is 0 Å². The first-order valence-corrected chi connectivity index (χ1v) is 6.83. The second-order valence-electron chi connectivity index (χ2n) is 5.62. The van der Waals surface area contributed by atoms with Crippen molar-refractivity contribution in [3.8, 4) is 6.07 Å². The van der Waals surface area contributed by atoms with E-state index in [0.717, 1.165) is 19.5 Å². The molecule has 1 aromatic heterocycles. The van der Waals surface area contributed by atoms with Gasteiger partial charge in [-0.2, -0.15) is 9.65 Å². The summed E-state index contributed by atoms with van der Waals surface area (Å²) in [5.41, 5.74) is 0.639. The number of hydrogen-bond donors (Lipinski definition) is 0. The first kappa shape index (κ1) is 14.0. The van der Waals surface area contributed by atoms with E-state index in [0.29, 0.717) is 23.9 Å². The molecule has 102 valence electrons. The fraction of sp³-hybridized carbons (Fsp3) is 0.600. The van der Waals surface area contributed by atoms with Gasteiger partial charge in [0.15, 0.2) is 0 Å². The fourth-order valence-corrected chi connectivity index (χ4v) is 2.81. The number of nitriles is 1. The number of halogens is 1. The van der Waals surface area contributed by atoms with Gasteiger partial charge in [0.1, 0.15) is 0 Å². The lowest BCUT2D eigenvalue weighted by Crippen LogP contribution is -2.41. The van der Waals surface area contributed by atoms with Gasteiger partial charge >= 0.3 is 0 Å². The topological polar surface area (TPSA) is 39.9 Å². The Morgan fingerprint density at radius 1 is 1.58 bits per heavy atom. The number of nitrogens with zero attached hydrogens (tertiary/aromatic N) is 3. The summed E-state index contributed by atoms with van der Waals surface area (Å²) in [5.74, 6) is 0.602. The largest absolute Gasteiger partial charge is 0.299 e. The molecule has 0 bridgehead atoms. The summed E-state index contributed by atoms with van der Waals surface area (Å²) < 4.78 is 13.6. The summed E-state index contributed by atoms with van der Waals surface area (Å²) in [6.07, 6.45) is 2.35. The molecule has 0 N–H and O–H groups in total. The molecule has 2 atom stereocenters. The molecule has 1 aliphatic heterocycles. The maximum atomic E-state index is 13.6. The normalized spacial score (nSPS) is 24.4. The third-order valence-corrected chi connectivity index (χ3v) is 3.99. The van der Waals surface area contributed by atoms with Crippen LogP contribution in [-0.4, -0.2) is 23.0 Å². The highest BCUT2D eigenvalue weighted by Crippen LogP contribution is 2.29. The van der Waals surface area contributed by atoms with Crippen LogP contribution < -0.4 is 0 Å². The van der Waals surface area contributed by atoms with Crippen LogP contribution in [0.15, 0.2) is 18.3 Å². The van der Waals surface area contributed by atoms with Gasteiger partial charge < -0.3 is 0 Å². The van der Waals surface area contributed by atoms with Gasteiger partial charge in [-0.1, -0.05) is 19.9 Å². The minimum atomic E-state index is -0.383. The zero-order chi connectivity index (χ0) is 13.8. The highest BCUT2D eigenvalue weighted by atomic mass is 19.1. The molecular weight excluding hydrogens is 241 g/mol. The van der Waals surface area contributed by atoms with E-state index in [1.54, 1.807) is 12.1 Å². The minimum Gasteiger partial charge on any atom is -0.299 e. The second kappa shape index (κ2) is 6.12. The molecule has 2 rings (SSSR count). The summed E-state index contributed by atoms with van der Waals surface area (Å²) in [4.78, 5) is 5.92. The Bertz CT molecular complexity index is 467. The van der Waals surface area contributed by atoms with E-state index in [4.69, 9.17) is 0 Å². The van der Waals surface area contributed by atoms with Gasteiger partial charge in [-0.3, -0.25) is 4.90 Å². The summed E-state index contributed by atoms with van der Waals surface area (Å²) >= 11 is 0. The molecule has 0 amide bonds. The number of hydrogen-bond acceptors (Lipinski definition) is 3. The smallest absolute Gasteiger partial charge is 0.217 e. The van der Waals surface area contributed by atoms with Gasteiger partial charge in [0.05, 0.1) is 12.0 Å². The Morgan fingerprint density at radius 2 is 2.37 bits per heavy atom. The van der Waals surface area contributed by atoms with Crippen LogP contribution in [0.1, 0.15) is 25.8 Å². The first-order chi connectivity index (χ1) is 9.11. The Kier molecular flexibility index (Phi) is 4.49. The number of aromatic nitrogens is 1. The monoisotopic (exact) mass is 261 g/mol. The van der Waals surface area contributed by atoms with Gasteiger partial charge in [0.2, 0.25) is 5.95 Å². The Balaban J connectivity index is 2.04. The molecule has 1 saturated heterocycles. The van der Waals surface area contributed by atoms with E-state index >= 15 is 0 Å². The van der Waals surface area contributed by atoms with Crippen molar-refractivity contribution in [1.29, 1.82) is 5.26 Å².